The zero-order valence-electron chi connectivity index (χ0n) is 7.36. The Morgan fingerprint density at radius 2 is 2.21 bits per heavy atom. The third-order valence-corrected chi connectivity index (χ3v) is 2.06. The number of rotatable bonds is 0. The summed E-state index contributed by atoms with van der Waals surface area (Å²) in [7, 11) is 0. The molecule has 3 heteroatoms. The van der Waals surface area contributed by atoms with Gasteiger partial charge in [0.05, 0.1) is 11.6 Å². The van der Waals surface area contributed by atoms with Crippen LogP contribution in [-0.4, -0.2) is 5.97 Å². The topological polar surface area (TPSA) is 50.1 Å². The SMILES string of the molecule is N#CC=C1Cc2ccccc2OC1=O. The van der Waals surface area contributed by atoms with Gasteiger partial charge in [0.1, 0.15) is 5.75 Å². The molecule has 1 aromatic rings. The Hall–Kier alpha value is -2.08. The van der Waals surface area contributed by atoms with Crippen molar-refractivity contribution >= 4 is 5.97 Å². The minimum absolute atomic E-state index is 0.409. The highest BCUT2D eigenvalue weighted by atomic mass is 16.5. The van der Waals surface area contributed by atoms with Crippen molar-refractivity contribution in [3.63, 3.8) is 0 Å². The first kappa shape index (κ1) is 8.52. The van der Waals surface area contributed by atoms with Crippen molar-refractivity contribution in [2.75, 3.05) is 0 Å². The molecule has 2 rings (SSSR count). The predicted molar refractivity (Wildman–Crippen MR) is 49.5 cm³/mol. The molecule has 0 N–H and O–H groups in total. The third-order valence-electron chi connectivity index (χ3n) is 2.06. The van der Waals surface area contributed by atoms with Crippen LogP contribution in [0, 0.1) is 11.3 Å². The van der Waals surface area contributed by atoms with Crippen LogP contribution in [0.2, 0.25) is 0 Å². The number of nitrogens with zero attached hydrogens (tertiary/aromatic N) is 1. The molecule has 0 aromatic heterocycles. The lowest BCUT2D eigenvalue weighted by atomic mass is 10.0. The van der Waals surface area contributed by atoms with Gasteiger partial charge in [-0.2, -0.15) is 5.26 Å². The molecular weight excluding hydrogens is 178 g/mol. The summed E-state index contributed by atoms with van der Waals surface area (Å²) in [5.41, 5.74) is 1.35. The molecule has 68 valence electrons. The predicted octanol–water partition coefficient (Wildman–Crippen LogP) is 1.60. The Labute approximate surface area is 81.2 Å². The number of carbonyl (C=O) groups excluding carboxylic acids is 1. The van der Waals surface area contributed by atoms with Gasteiger partial charge in [0.15, 0.2) is 0 Å². The van der Waals surface area contributed by atoms with Crippen molar-refractivity contribution < 1.29 is 9.53 Å². The molecule has 3 nitrogen and oxygen atoms in total. The first-order valence-corrected chi connectivity index (χ1v) is 4.20. The Balaban J connectivity index is 2.42. The fourth-order valence-electron chi connectivity index (χ4n) is 1.38. The Morgan fingerprint density at radius 1 is 1.43 bits per heavy atom. The highest BCUT2D eigenvalue weighted by molar-refractivity contribution is 5.93. The maximum Gasteiger partial charge on any atom is 0.340 e. The smallest absolute Gasteiger partial charge is 0.340 e. The quantitative estimate of drug-likeness (QED) is 0.267. The minimum Gasteiger partial charge on any atom is -0.423 e. The van der Waals surface area contributed by atoms with Gasteiger partial charge in [0.25, 0.3) is 0 Å². The van der Waals surface area contributed by atoms with E-state index in [9.17, 15) is 4.79 Å². The lowest BCUT2D eigenvalue weighted by molar-refractivity contribution is -0.130. The average Bonchev–Trinajstić information content (AvgIpc) is 2.19. The molecule has 0 atom stereocenters. The van der Waals surface area contributed by atoms with Crippen LogP contribution in [0.15, 0.2) is 35.9 Å². The van der Waals surface area contributed by atoms with Crippen LogP contribution in [0.1, 0.15) is 5.56 Å². The molecule has 14 heavy (non-hydrogen) atoms. The first-order valence-electron chi connectivity index (χ1n) is 4.20. The molecule has 0 radical (unpaired) electrons. The number of hydrogen-bond donors (Lipinski definition) is 0. The molecule has 1 aliphatic rings. The monoisotopic (exact) mass is 185 g/mol. The number of benzene rings is 1. The van der Waals surface area contributed by atoms with Gasteiger partial charge in [0.2, 0.25) is 0 Å². The van der Waals surface area contributed by atoms with Crippen molar-refractivity contribution in [1.29, 1.82) is 5.26 Å². The van der Waals surface area contributed by atoms with Crippen LogP contribution in [-0.2, 0) is 11.2 Å². The van der Waals surface area contributed by atoms with Gasteiger partial charge in [-0.05, 0) is 11.6 Å². The number of esters is 1. The van der Waals surface area contributed by atoms with E-state index in [1.54, 1.807) is 6.07 Å². The van der Waals surface area contributed by atoms with Crippen LogP contribution < -0.4 is 4.74 Å². The molecule has 0 saturated carbocycles. The molecule has 1 aromatic carbocycles. The molecule has 0 bridgehead atoms. The van der Waals surface area contributed by atoms with E-state index < -0.39 is 5.97 Å². The van der Waals surface area contributed by atoms with E-state index in [0.29, 0.717) is 17.7 Å². The van der Waals surface area contributed by atoms with Crippen LogP contribution in [0.3, 0.4) is 0 Å². The van der Waals surface area contributed by atoms with Crippen LogP contribution >= 0.6 is 0 Å². The number of ether oxygens (including phenoxy) is 1. The number of para-hydroxylation sites is 1. The summed E-state index contributed by atoms with van der Waals surface area (Å²) in [6.45, 7) is 0. The van der Waals surface area contributed by atoms with E-state index in [1.165, 1.54) is 6.08 Å². The largest absolute Gasteiger partial charge is 0.423 e. The number of nitriles is 1. The molecular formula is C11H7NO2. The molecule has 0 fully saturated rings. The van der Waals surface area contributed by atoms with E-state index in [2.05, 4.69) is 0 Å². The highest BCUT2D eigenvalue weighted by Gasteiger charge is 2.21. The van der Waals surface area contributed by atoms with E-state index in [0.717, 1.165) is 5.56 Å². The Bertz CT molecular complexity index is 455. The average molecular weight is 185 g/mol. The van der Waals surface area contributed by atoms with Crippen LogP contribution in [0.25, 0.3) is 0 Å². The van der Waals surface area contributed by atoms with E-state index in [4.69, 9.17) is 10.00 Å². The fraction of sp³-hybridized carbons (Fsp3) is 0.0909. The Kier molecular flexibility index (Phi) is 2.04. The molecule has 0 amide bonds. The summed E-state index contributed by atoms with van der Waals surface area (Å²) in [6, 6.07) is 9.15. The molecule has 0 unspecified atom stereocenters. The Morgan fingerprint density at radius 3 is 3.00 bits per heavy atom. The zero-order valence-corrected chi connectivity index (χ0v) is 7.36. The van der Waals surface area contributed by atoms with Gasteiger partial charge in [-0.25, -0.2) is 4.79 Å². The molecule has 1 aliphatic heterocycles. The van der Waals surface area contributed by atoms with Crippen LogP contribution in [0.4, 0.5) is 0 Å². The number of allylic oxidation sites excluding steroid dienone is 1. The van der Waals surface area contributed by atoms with Gasteiger partial charge in [-0.15, -0.1) is 0 Å². The molecule has 1 heterocycles. The van der Waals surface area contributed by atoms with Gasteiger partial charge in [-0.3, -0.25) is 0 Å². The number of hydrogen-bond acceptors (Lipinski definition) is 3. The van der Waals surface area contributed by atoms with E-state index in [-0.39, 0.29) is 0 Å². The maximum atomic E-state index is 11.3. The van der Waals surface area contributed by atoms with E-state index >= 15 is 0 Å². The summed E-state index contributed by atoms with van der Waals surface area (Å²) < 4.78 is 5.04. The normalized spacial score (nSPS) is 17.1. The van der Waals surface area contributed by atoms with Gasteiger partial charge in [0, 0.05) is 12.5 Å². The van der Waals surface area contributed by atoms with E-state index in [1.807, 2.05) is 24.3 Å². The van der Waals surface area contributed by atoms with Crippen molar-refractivity contribution in [3.05, 3.63) is 41.5 Å². The summed E-state index contributed by atoms with van der Waals surface area (Å²) in [6.07, 6.45) is 1.71. The maximum absolute atomic E-state index is 11.3. The van der Waals surface area contributed by atoms with Crippen molar-refractivity contribution in [3.8, 4) is 11.8 Å². The lowest BCUT2D eigenvalue weighted by Crippen LogP contribution is -2.19. The summed E-state index contributed by atoms with van der Waals surface area (Å²) in [5.74, 6) is 0.165. The summed E-state index contributed by atoms with van der Waals surface area (Å²) >= 11 is 0. The third kappa shape index (κ3) is 1.38. The molecule has 0 aliphatic carbocycles. The second kappa shape index (κ2) is 3.35. The van der Waals surface area contributed by atoms with Crippen molar-refractivity contribution in [2.24, 2.45) is 0 Å². The minimum atomic E-state index is -0.426. The summed E-state index contributed by atoms with van der Waals surface area (Å²) in [5, 5.41) is 8.45. The number of carbonyl (C=O) groups is 1. The standard InChI is InChI=1S/C11H7NO2/c12-6-5-9-7-8-3-1-2-4-10(8)14-11(9)13/h1-5H,7H2. The summed E-state index contributed by atoms with van der Waals surface area (Å²) in [4.78, 5) is 11.3. The highest BCUT2D eigenvalue weighted by Crippen LogP contribution is 2.26. The molecule has 0 saturated heterocycles. The van der Waals surface area contributed by atoms with Gasteiger partial charge in [-0.1, -0.05) is 18.2 Å². The number of fused-ring (bicyclic) bond motifs is 1. The van der Waals surface area contributed by atoms with Gasteiger partial charge < -0.3 is 4.74 Å². The van der Waals surface area contributed by atoms with Crippen molar-refractivity contribution in [2.45, 2.75) is 6.42 Å². The van der Waals surface area contributed by atoms with Gasteiger partial charge >= 0.3 is 5.97 Å². The second-order valence-corrected chi connectivity index (χ2v) is 2.97. The first-order chi connectivity index (χ1) is 6.81. The lowest BCUT2D eigenvalue weighted by Gasteiger charge is -2.16. The van der Waals surface area contributed by atoms with Crippen LogP contribution in [0.5, 0.6) is 5.75 Å². The van der Waals surface area contributed by atoms with Crippen molar-refractivity contribution in [1.82, 2.24) is 0 Å². The molecule has 0 spiro atoms. The fourth-order valence-corrected chi connectivity index (χ4v) is 1.38. The second-order valence-electron chi connectivity index (χ2n) is 2.97. The zero-order chi connectivity index (χ0) is 9.97.